The van der Waals surface area contributed by atoms with E-state index in [1.807, 2.05) is 31.4 Å². The molecule has 0 aliphatic carbocycles. The summed E-state index contributed by atoms with van der Waals surface area (Å²) in [6.45, 7) is 2.14. The molecule has 1 aromatic carbocycles. The first-order valence-electron chi connectivity index (χ1n) is 5.99. The van der Waals surface area contributed by atoms with Gasteiger partial charge in [0.05, 0.1) is 11.9 Å². The van der Waals surface area contributed by atoms with Crippen LogP contribution in [0.2, 0.25) is 0 Å². The van der Waals surface area contributed by atoms with E-state index in [2.05, 4.69) is 27.0 Å². The van der Waals surface area contributed by atoms with Gasteiger partial charge in [0.25, 0.3) is 0 Å². The lowest BCUT2D eigenvalue weighted by molar-refractivity contribution is -0.118. The Morgan fingerprint density at radius 1 is 1.33 bits per heavy atom. The number of benzene rings is 1. The quantitative estimate of drug-likeness (QED) is 0.889. The van der Waals surface area contributed by atoms with Crippen molar-refractivity contribution in [3.8, 4) is 11.3 Å². The minimum atomic E-state index is -0.00695. The van der Waals surface area contributed by atoms with Crippen LogP contribution in [0.4, 0.5) is 0 Å². The second kappa shape index (κ2) is 5.49. The Balaban J connectivity index is 2.12. The molecule has 2 rings (SSSR count). The lowest BCUT2D eigenvalue weighted by Gasteiger charge is -2.06. The molecule has 0 saturated carbocycles. The smallest absolute Gasteiger partial charge is 0.216 e. The van der Waals surface area contributed by atoms with Gasteiger partial charge in [-0.1, -0.05) is 30.3 Å². The van der Waals surface area contributed by atoms with Crippen molar-refractivity contribution >= 4 is 5.91 Å². The molecule has 1 amide bonds. The van der Waals surface area contributed by atoms with Gasteiger partial charge in [-0.15, -0.1) is 0 Å². The minimum Gasteiger partial charge on any atom is -0.356 e. The number of hydrogen-bond donors (Lipinski definition) is 1. The Hall–Kier alpha value is -2.10. The molecule has 0 aliphatic heterocycles. The first-order chi connectivity index (χ1) is 8.68. The second-order valence-corrected chi connectivity index (χ2v) is 4.22. The van der Waals surface area contributed by atoms with E-state index < -0.39 is 0 Å². The minimum absolute atomic E-state index is 0.00695. The number of carbonyl (C=O) groups is 1. The third kappa shape index (κ3) is 2.77. The van der Waals surface area contributed by atoms with Crippen LogP contribution in [0.15, 0.2) is 36.5 Å². The van der Waals surface area contributed by atoms with Gasteiger partial charge >= 0.3 is 0 Å². The third-order valence-corrected chi connectivity index (χ3v) is 2.88. The highest BCUT2D eigenvalue weighted by Crippen LogP contribution is 2.19. The molecule has 1 N–H and O–H groups in total. The van der Waals surface area contributed by atoms with E-state index in [1.54, 1.807) is 0 Å². The van der Waals surface area contributed by atoms with Crippen LogP contribution in [-0.4, -0.2) is 22.0 Å². The Morgan fingerprint density at radius 3 is 2.72 bits per heavy atom. The zero-order valence-corrected chi connectivity index (χ0v) is 10.7. The number of amides is 1. The molecular formula is C14H17N3O. The van der Waals surface area contributed by atoms with Gasteiger partial charge < -0.3 is 9.88 Å². The molecule has 0 unspecified atom stereocenters. The molecule has 0 bridgehead atoms. The highest BCUT2D eigenvalue weighted by Gasteiger charge is 2.07. The van der Waals surface area contributed by atoms with Crippen molar-refractivity contribution < 1.29 is 4.79 Å². The normalized spacial score (nSPS) is 10.3. The van der Waals surface area contributed by atoms with E-state index in [0.717, 1.165) is 23.5 Å². The van der Waals surface area contributed by atoms with Crippen LogP contribution in [0.3, 0.4) is 0 Å². The van der Waals surface area contributed by atoms with Crippen molar-refractivity contribution in [2.75, 3.05) is 6.54 Å². The summed E-state index contributed by atoms with van der Waals surface area (Å²) in [5.74, 6) is 0.968. The number of nitrogens with one attached hydrogen (secondary N) is 1. The van der Waals surface area contributed by atoms with Crippen LogP contribution in [0.1, 0.15) is 12.7 Å². The fourth-order valence-corrected chi connectivity index (χ4v) is 1.91. The molecule has 4 heteroatoms. The maximum absolute atomic E-state index is 10.8. The van der Waals surface area contributed by atoms with Crippen molar-refractivity contribution in [3.05, 3.63) is 42.4 Å². The summed E-state index contributed by atoms with van der Waals surface area (Å²) in [6, 6.07) is 10.2. The summed E-state index contributed by atoms with van der Waals surface area (Å²) < 4.78 is 2.07. The fourth-order valence-electron chi connectivity index (χ4n) is 1.91. The summed E-state index contributed by atoms with van der Waals surface area (Å²) in [6.07, 6.45) is 2.61. The molecule has 0 saturated heterocycles. The monoisotopic (exact) mass is 243 g/mol. The summed E-state index contributed by atoms with van der Waals surface area (Å²) in [5.41, 5.74) is 2.24. The second-order valence-electron chi connectivity index (χ2n) is 4.22. The van der Waals surface area contributed by atoms with Gasteiger partial charge in [-0.05, 0) is 5.56 Å². The standard InChI is InChI=1S/C14H17N3O/c1-11(18)15-9-8-14-16-10-13(17(14)2)12-6-4-3-5-7-12/h3-7,10H,8-9H2,1-2H3,(H,15,18). The van der Waals surface area contributed by atoms with Gasteiger partial charge in [-0.25, -0.2) is 4.98 Å². The molecule has 0 aliphatic rings. The molecule has 4 nitrogen and oxygen atoms in total. The third-order valence-electron chi connectivity index (χ3n) is 2.88. The Bertz CT molecular complexity index is 531. The van der Waals surface area contributed by atoms with Crippen molar-refractivity contribution in [2.24, 2.45) is 7.05 Å². The first-order valence-corrected chi connectivity index (χ1v) is 5.99. The number of nitrogens with zero attached hydrogens (tertiary/aromatic N) is 2. The van der Waals surface area contributed by atoms with E-state index in [1.165, 1.54) is 6.92 Å². The number of hydrogen-bond acceptors (Lipinski definition) is 2. The van der Waals surface area contributed by atoms with E-state index >= 15 is 0 Å². The molecule has 0 atom stereocenters. The van der Waals surface area contributed by atoms with E-state index in [4.69, 9.17) is 0 Å². The maximum Gasteiger partial charge on any atom is 0.216 e. The largest absolute Gasteiger partial charge is 0.356 e. The molecule has 0 fully saturated rings. The highest BCUT2D eigenvalue weighted by molar-refractivity contribution is 5.72. The van der Waals surface area contributed by atoms with Gasteiger partial charge in [0.15, 0.2) is 0 Å². The van der Waals surface area contributed by atoms with Crippen molar-refractivity contribution in [1.29, 1.82) is 0 Å². The van der Waals surface area contributed by atoms with Crippen LogP contribution in [0.5, 0.6) is 0 Å². The Kier molecular flexibility index (Phi) is 3.77. The zero-order chi connectivity index (χ0) is 13.0. The van der Waals surface area contributed by atoms with Crippen molar-refractivity contribution in [2.45, 2.75) is 13.3 Å². The zero-order valence-electron chi connectivity index (χ0n) is 10.7. The molecular weight excluding hydrogens is 226 g/mol. The number of rotatable bonds is 4. The molecule has 94 valence electrons. The van der Waals surface area contributed by atoms with Crippen molar-refractivity contribution in [3.63, 3.8) is 0 Å². The van der Waals surface area contributed by atoms with E-state index in [9.17, 15) is 4.79 Å². The number of imidazole rings is 1. The predicted molar refractivity (Wildman–Crippen MR) is 71.0 cm³/mol. The summed E-state index contributed by atoms with van der Waals surface area (Å²) in [7, 11) is 2.00. The highest BCUT2D eigenvalue weighted by atomic mass is 16.1. The predicted octanol–water partition coefficient (Wildman–Crippen LogP) is 1.77. The average Bonchev–Trinajstić information content (AvgIpc) is 2.72. The van der Waals surface area contributed by atoms with Crippen LogP contribution in [0.25, 0.3) is 11.3 Å². The molecule has 0 radical (unpaired) electrons. The van der Waals surface area contributed by atoms with Gasteiger partial charge in [-0.3, -0.25) is 4.79 Å². The lowest BCUT2D eigenvalue weighted by atomic mass is 10.2. The van der Waals surface area contributed by atoms with Gasteiger partial charge in [0.1, 0.15) is 5.82 Å². The fraction of sp³-hybridized carbons (Fsp3) is 0.286. The molecule has 0 spiro atoms. The Morgan fingerprint density at radius 2 is 2.06 bits per heavy atom. The first kappa shape index (κ1) is 12.4. The van der Waals surface area contributed by atoms with Crippen LogP contribution >= 0.6 is 0 Å². The number of carbonyl (C=O) groups excluding carboxylic acids is 1. The SMILES string of the molecule is CC(=O)NCCc1ncc(-c2ccccc2)n1C. The van der Waals surface area contributed by atoms with Gasteiger partial charge in [-0.2, -0.15) is 0 Å². The van der Waals surface area contributed by atoms with Crippen LogP contribution in [0, 0.1) is 0 Å². The van der Waals surface area contributed by atoms with E-state index in [-0.39, 0.29) is 5.91 Å². The van der Waals surface area contributed by atoms with Crippen molar-refractivity contribution in [1.82, 2.24) is 14.9 Å². The molecule has 1 heterocycles. The average molecular weight is 243 g/mol. The maximum atomic E-state index is 10.8. The molecule has 1 aromatic heterocycles. The molecule has 2 aromatic rings. The molecule has 18 heavy (non-hydrogen) atoms. The lowest BCUT2D eigenvalue weighted by Crippen LogP contribution is -2.23. The van der Waals surface area contributed by atoms with E-state index in [0.29, 0.717) is 6.54 Å². The summed E-state index contributed by atoms with van der Waals surface area (Å²) in [4.78, 5) is 15.2. The Labute approximate surface area is 107 Å². The van der Waals surface area contributed by atoms with Crippen LogP contribution in [-0.2, 0) is 18.3 Å². The van der Waals surface area contributed by atoms with Gasteiger partial charge in [0, 0.05) is 26.9 Å². The summed E-state index contributed by atoms with van der Waals surface area (Å²) in [5, 5.41) is 2.78. The summed E-state index contributed by atoms with van der Waals surface area (Å²) >= 11 is 0. The topological polar surface area (TPSA) is 46.9 Å². The number of aromatic nitrogens is 2. The van der Waals surface area contributed by atoms with Gasteiger partial charge in [0.2, 0.25) is 5.91 Å². The van der Waals surface area contributed by atoms with Crippen LogP contribution < -0.4 is 5.32 Å².